The maximum Gasteiger partial charge on any atom is 0.410 e. The van der Waals surface area contributed by atoms with Crippen LogP contribution in [0.3, 0.4) is 0 Å². The Balaban J connectivity index is 1.53. The molecular weight excluding hydrogens is 504 g/mol. The number of likely N-dealkylation sites (tertiary alicyclic amines) is 2. The number of nitrogens with zero attached hydrogens (tertiary/aromatic N) is 4. The van der Waals surface area contributed by atoms with Crippen LogP contribution < -0.4 is 0 Å². The largest absolute Gasteiger partial charge is 0.465 e. The van der Waals surface area contributed by atoms with Gasteiger partial charge in [0, 0.05) is 42.8 Å². The van der Waals surface area contributed by atoms with Gasteiger partial charge in [-0.15, -0.1) is 0 Å². The fourth-order valence-corrected chi connectivity index (χ4v) is 5.04. The quantitative estimate of drug-likeness (QED) is 0.635. The first kappa shape index (κ1) is 24.5. The lowest BCUT2D eigenvalue weighted by Crippen LogP contribution is -2.51. The van der Waals surface area contributed by atoms with E-state index in [9.17, 15) is 19.5 Å². The van der Waals surface area contributed by atoms with Crippen molar-refractivity contribution in [3.05, 3.63) is 34.3 Å². The molecule has 2 saturated heterocycles. The molecule has 0 aliphatic carbocycles. The van der Waals surface area contributed by atoms with Gasteiger partial charge in [-0.05, 0) is 58.1 Å². The zero-order valence-electron chi connectivity index (χ0n) is 19.8. The van der Waals surface area contributed by atoms with Gasteiger partial charge >= 0.3 is 12.2 Å². The van der Waals surface area contributed by atoms with Crippen LogP contribution in [0.1, 0.15) is 45.6 Å². The van der Waals surface area contributed by atoms with Crippen molar-refractivity contribution in [2.45, 2.75) is 51.2 Å². The fourth-order valence-electron chi connectivity index (χ4n) is 4.77. The van der Waals surface area contributed by atoms with E-state index in [1.807, 2.05) is 45.0 Å². The molecule has 10 heteroatoms. The van der Waals surface area contributed by atoms with Crippen LogP contribution in [-0.4, -0.2) is 87.6 Å². The molecule has 1 aromatic carbocycles. The average Bonchev–Trinajstić information content (AvgIpc) is 3.33. The molecule has 3 amide bonds. The molecule has 4 rings (SSSR count). The van der Waals surface area contributed by atoms with Crippen molar-refractivity contribution >= 4 is 39.9 Å². The van der Waals surface area contributed by atoms with E-state index in [0.29, 0.717) is 38.3 Å². The van der Waals surface area contributed by atoms with Gasteiger partial charge in [0.25, 0.3) is 5.91 Å². The number of hydrogen-bond acceptors (Lipinski definition) is 5. The first-order chi connectivity index (χ1) is 16.0. The van der Waals surface area contributed by atoms with Gasteiger partial charge in [0.2, 0.25) is 0 Å². The van der Waals surface area contributed by atoms with Gasteiger partial charge in [-0.25, -0.2) is 9.59 Å². The fraction of sp³-hybridized carbons (Fsp3) is 0.583. The van der Waals surface area contributed by atoms with Gasteiger partial charge in [-0.1, -0.05) is 28.1 Å². The first-order valence-electron chi connectivity index (χ1n) is 11.6. The lowest BCUT2D eigenvalue weighted by atomic mass is 9.87. The van der Waals surface area contributed by atoms with Crippen LogP contribution in [0.2, 0.25) is 0 Å². The maximum atomic E-state index is 13.7. The molecule has 0 saturated carbocycles. The number of rotatable bonds is 3. The molecule has 0 bridgehead atoms. The Morgan fingerprint density at radius 1 is 1.15 bits per heavy atom. The first-order valence-corrected chi connectivity index (χ1v) is 12.4. The minimum atomic E-state index is -0.970. The summed E-state index contributed by atoms with van der Waals surface area (Å²) in [6.07, 6.45) is 0.202. The van der Waals surface area contributed by atoms with E-state index >= 15 is 0 Å². The Bertz CT molecular complexity index is 996. The van der Waals surface area contributed by atoms with Gasteiger partial charge in [0.05, 0.1) is 0 Å². The van der Waals surface area contributed by atoms with Crippen LogP contribution in [0.15, 0.2) is 33.7 Å². The predicted molar refractivity (Wildman–Crippen MR) is 130 cm³/mol. The zero-order chi connectivity index (χ0) is 24.7. The summed E-state index contributed by atoms with van der Waals surface area (Å²) in [6, 6.07) is 7.68. The summed E-state index contributed by atoms with van der Waals surface area (Å²) in [5.74, 6) is 0.648. The van der Waals surface area contributed by atoms with Crippen LogP contribution in [0.5, 0.6) is 0 Å². The smallest absolute Gasteiger partial charge is 0.410 e. The molecule has 184 valence electrons. The summed E-state index contributed by atoms with van der Waals surface area (Å²) in [5, 5.41) is 9.32. The van der Waals surface area contributed by atoms with Gasteiger partial charge in [-0.2, -0.15) is 0 Å². The van der Waals surface area contributed by atoms with E-state index in [1.165, 1.54) is 4.90 Å². The number of carbonyl (C=O) groups is 3. The molecular formula is C24H31BrN4O5. The summed E-state index contributed by atoms with van der Waals surface area (Å²) in [4.78, 5) is 47.3. The van der Waals surface area contributed by atoms with Crippen LogP contribution in [0, 0.1) is 5.92 Å². The molecule has 3 heterocycles. The third-order valence-corrected chi connectivity index (χ3v) is 7.09. The molecule has 1 spiro atoms. The van der Waals surface area contributed by atoms with Crippen molar-refractivity contribution < 1.29 is 24.2 Å². The highest BCUT2D eigenvalue weighted by Crippen LogP contribution is 2.36. The number of aliphatic imine (C=N–C) groups is 1. The monoisotopic (exact) mass is 534 g/mol. The Morgan fingerprint density at radius 2 is 1.79 bits per heavy atom. The number of halogens is 1. The van der Waals surface area contributed by atoms with Crippen LogP contribution in [0.25, 0.3) is 0 Å². The van der Waals surface area contributed by atoms with Crippen molar-refractivity contribution in [3.8, 4) is 0 Å². The molecule has 0 radical (unpaired) electrons. The second-order valence-electron chi connectivity index (χ2n) is 10.2. The number of carboxylic acid groups (broad SMARTS) is 1. The minimum Gasteiger partial charge on any atom is -0.465 e. The third-order valence-electron chi connectivity index (χ3n) is 6.56. The highest BCUT2D eigenvalue weighted by Gasteiger charge is 2.51. The molecule has 9 nitrogen and oxygen atoms in total. The van der Waals surface area contributed by atoms with Gasteiger partial charge in [-0.3, -0.25) is 14.7 Å². The molecule has 1 N–H and O–H groups in total. The minimum absolute atomic E-state index is 0.0776. The molecule has 0 aromatic heterocycles. The number of hydrogen-bond donors (Lipinski definition) is 1. The van der Waals surface area contributed by atoms with E-state index in [1.54, 1.807) is 9.80 Å². The molecule has 3 aliphatic heterocycles. The second-order valence-corrected chi connectivity index (χ2v) is 11.2. The van der Waals surface area contributed by atoms with Crippen molar-refractivity contribution in [3.63, 3.8) is 0 Å². The summed E-state index contributed by atoms with van der Waals surface area (Å²) >= 11 is 3.45. The van der Waals surface area contributed by atoms with Crippen LogP contribution in [-0.2, 0) is 9.53 Å². The van der Waals surface area contributed by atoms with Crippen molar-refractivity contribution in [1.29, 1.82) is 0 Å². The second kappa shape index (κ2) is 9.20. The molecule has 3 aliphatic rings. The van der Waals surface area contributed by atoms with Crippen LogP contribution >= 0.6 is 15.9 Å². The van der Waals surface area contributed by atoms with Crippen LogP contribution in [0.4, 0.5) is 9.59 Å². The standard InChI is InChI=1S/C24H31BrN4O5/c1-23(2,3)34-22(33)28-11-8-16(14-28)15-29-19(17-4-6-18(25)7-5-17)26-24(20(29)30)9-12-27(13-10-24)21(31)32/h4-7,16H,8-15H2,1-3H3,(H,31,32). The number of amidine groups is 1. The molecule has 1 aromatic rings. The SMILES string of the molecule is CC(C)(C)OC(=O)N1CCC(CN2C(=O)C3(CCN(C(=O)O)CC3)N=C2c2ccc(Br)cc2)C1. The summed E-state index contributed by atoms with van der Waals surface area (Å²) in [6.45, 7) is 7.66. The number of carbonyl (C=O) groups excluding carboxylic acids is 2. The Morgan fingerprint density at radius 3 is 2.38 bits per heavy atom. The number of piperidine rings is 1. The topological polar surface area (TPSA) is 103 Å². The van der Waals surface area contributed by atoms with Gasteiger partial charge < -0.3 is 19.6 Å². The van der Waals surface area contributed by atoms with E-state index in [2.05, 4.69) is 15.9 Å². The highest BCUT2D eigenvalue weighted by atomic mass is 79.9. The molecule has 1 unspecified atom stereocenters. The van der Waals surface area contributed by atoms with E-state index < -0.39 is 17.2 Å². The summed E-state index contributed by atoms with van der Waals surface area (Å²) < 4.78 is 6.44. The zero-order valence-corrected chi connectivity index (χ0v) is 21.4. The van der Waals surface area contributed by atoms with Crippen molar-refractivity contribution in [2.75, 3.05) is 32.7 Å². The van der Waals surface area contributed by atoms with E-state index in [4.69, 9.17) is 9.73 Å². The lowest BCUT2D eigenvalue weighted by molar-refractivity contribution is -0.133. The molecule has 34 heavy (non-hydrogen) atoms. The summed E-state index contributed by atoms with van der Waals surface area (Å²) in [7, 11) is 0. The van der Waals surface area contributed by atoms with Crippen molar-refractivity contribution in [1.82, 2.24) is 14.7 Å². The third kappa shape index (κ3) is 5.06. The highest BCUT2D eigenvalue weighted by molar-refractivity contribution is 9.10. The Labute approximate surface area is 207 Å². The molecule has 1 atom stereocenters. The Hall–Kier alpha value is -2.62. The molecule has 2 fully saturated rings. The normalized spacial score (nSPS) is 22.4. The number of benzene rings is 1. The average molecular weight is 535 g/mol. The summed E-state index contributed by atoms with van der Waals surface area (Å²) in [5.41, 5.74) is -0.646. The predicted octanol–water partition coefficient (Wildman–Crippen LogP) is 3.81. The van der Waals surface area contributed by atoms with Gasteiger partial charge in [0.15, 0.2) is 0 Å². The number of amides is 3. The lowest BCUT2D eigenvalue weighted by Gasteiger charge is -2.35. The van der Waals surface area contributed by atoms with Crippen molar-refractivity contribution in [2.24, 2.45) is 10.9 Å². The van der Waals surface area contributed by atoms with Gasteiger partial charge in [0.1, 0.15) is 17.0 Å². The van der Waals surface area contributed by atoms with E-state index in [0.717, 1.165) is 16.5 Å². The Kier molecular flexibility index (Phi) is 6.63. The van der Waals surface area contributed by atoms with E-state index in [-0.39, 0.29) is 31.0 Å². The number of ether oxygens (including phenoxy) is 1. The maximum absolute atomic E-state index is 13.7.